The fraction of sp³-hybridized carbons (Fsp3) is 0.781. The van der Waals surface area contributed by atoms with Gasteiger partial charge in [0.15, 0.2) is 11.5 Å². The van der Waals surface area contributed by atoms with E-state index in [1.807, 2.05) is 0 Å². The zero-order valence-corrected chi connectivity index (χ0v) is 23.6. The molecule has 1 aromatic carbocycles. The minimum atomic E-state index is -1.14. The Hall–Kier alpha value is -1.65. The minimum absolute atomic E-state index is 0.120. The number of carbonyl (C=O) groups excluding carboxylic acids is 1. The standard InChI is InChI=1S/C32H50F2O3/c1-4-6-7-8-9-13-23-36-27-19-20-28(30(34)29(27)33)37-31(35)25-15-17-26(18-16-25)32(24(3)14-5-2)21-11-10-12-22-32/h19-20,24-26H,4-18,21-23H2,1-3H3/t24?,25-,26-. The summed E-state index contributed by atoms with van der Waals surface area (Å²) in [6, 6.07) is 2.69. The van der Waals surface area contributed by atoms with Crippen molar-refractivity contribution in [1.82, 2.24) is 0 Å². The van der Waals surface area contributed by atoms with Crippen molar-refractivity contribution in [1.29, 1.82) is 0 Å². The van der Waals surface area contributed by atoms with Gasteiger partial charge < -0.3 is 9.47 Å². The average Bonchev–Trinajstić information content (AvgIpc) is 2.92. The van der Waals surface area contributed by atoms with Gasteiger partial charge in [-0.25, -0.2) is 0 Å². The Bertz CT molecular complexity index is 826. The third-order valence-electron chi connectivity index (χ3n) is 9.34. The monoisotopic (exact) mass is 520 g/mol. The number of halogens is 2. The van der Waals surface area contributed by atoms with E-state index in [-0.39, 0.29) is 17.4 Å². The van der Waals surface area contributed by atoms with Gasteiger partial charge in [0.25, 0.3) is 0 Å². The molecule has 0 spiro atoms. The lowest BCUT2D eigenvalue weighted by atomic mass is 9.55. The van der Waals surface area contributed by atoms with E-state index in [4.69, 9.17) is 9.47 Å². The van der Waals surface area contributed by atoms with E-state index < -0.39 is 17.6 Å². The molecule has 0 saturated heterocycles. The summed E-state index contributed by atoms with van der Waals surface area (Å²) in [6.45, 7) is 7.24. The van der Waals surface area contributed by atoms with Crippen LogP contribution in [0.1, 0.15) is 130 Å². The highest BCUT2D eigenvalue weighted by molar-refractivity contribution is 5.75. The molecule has 0 radical (unpaired) electrons. The predicted octanol–water partition coefficient (Wildman–Crippen LogP) is 9.80. The number of unbranched alkanes of at least 4 members (excludes halogenated alkanes) is 5. The fourth-order valence-corrected chi connectivity index (χ4v) is 7.10. The van der Waals surface area contributed by atoms with Crippen LogP contribution in [0.4, 0.5) is 8.78 Å². The van der Waals surface area contributed by atoms with Crippen LogP contribution in [0, 0.1) is 34.8 Å². The molecule has 0 amide bonds. The summed E-state index contributed by atoms with van der Waals surface area (Å²) in [6.07, 6.45) is 19.2. The summed E-state index contributed by atoms with van der Waals surface area (Å²) in [7, 11) is 0. The Kier molecular flexibility index (Phi) is 12.2. The first-order chi connectivity index (χ1) is 17.9. The lowest BCUT2D eigenvalue weighted by molar-refractivity contribution is -0.141. The zero-order chi connectivity index (χ0) is 26.7. The first-order valence-electron chi connectivity index (χ1n) is 15.2. The molecule has 0 aliphatic heterocycles. The van der Waals surface area contributed by atoms with Gasteiger partial charge in [-0.3, -0.25) is 4.79 Å². The quantitative estimate of drug-likeness (QED) is 0.139. The maximum Gasteiger partial charge on any atom is 0.314 e. The van der Waals surface area contributed by atoms with Crippen LogP contribution in [0.5, 0.6) is 11.5 Å². The summed E-state index contributed by atoms with van der Waals surface area (Å²) >= 11 is 0. The number of hydrogen-bond donors (Lipinski definition) is 0. The van der Waals surface area contributed by atoms with Gasteiger partial charge in [0, 0.05) is 0 Å². The molecule has 0 aromatic heterocycles. The molecule has 1 atom stereocenters. The number of ether oxygens (including phenoxy) is 2. The first kappa shape index (κ1) is 29.9. The number of benzene rings is 1. The minimum Gasteiger partial charge on any atom is -0.490 e. The largest absolute Gasteiger partial charge is 0.490 e. The SMILES string of the molecule is CCCCCCCCOc1ccc(OC(=O)[C@H]2CC[C@H](C3(C(C)CCC)CCCCC3)CC2)c(F)c1F. The van der Waals surface area contributed by atoms with Gasteiger partial charge in [0.2, 0.25) is 11.6 Å². The summed E-state index contributed by atoms with van der Waals surface area (Å²) in [4.78, 5) is 12.9. The highest BCUT2D eigenvalue weighted by Gasteiger charge is 2.45. The Morgan fingerprint density at radius 2 is 1.51 bits per heavy atom. The van der Waals surface area contributed by atoms with E-state index in [1.165, 1.54) is 76.3 Å². The number of esters is 1. The summed E-state index contributed by atoms with van der Waals surface area (Å²) in [5.74, 6) is -1.99. The molecule has 3 nitrogen and oxygen atoms in total. The third kappa shape index (κ3) is 7.93. The Labute approximate surface area is 224 Å². The molecule has 2 aliphatic carbocycles. The summed E-state index contributed by atoms with van der Waals surface area (Å²) in [5.41, 5.74) is 0.406. The molecule has 0 heterocycles. The van der Waals surface area contributed by atoms with Crippen molar-refractivity contribution in [3.8, 4) is 11.5 Å². The molecule has 210 valence electrons. The van der Waals surface area contributed by atoms with Gasteiger partial charge in [0.05, 0.1) is 12.5 Å². The van der Waals surface area contributed by atoms with Crippen molar-refractivity contribution < 1.29 is 23.0 Å². The number of rotatable bonds is 14. The third-order valence-corrected chi connectivity index (χ3v) is 9.34. The second-order valence-electron chi connectivity index (χ2n) is 11.8. The van der Waals surface area contributed by atoms with Crippen LogP contribution in [-0.4, -0.2) is 12.6 Å². The van der Waals surface area contributed by atoms with Crippen LogP contribution in [0.3, 0.4) is 0 Å². The lowest BCUT2D eigenvalue weighted by Gasteiger charge is -2.50. The maximum atomic E-state index is 14.7. The topological polar surface area (TPSA) is 35.5 Å². The van der Waals surface area contributed by atoms with E-state index in [9.17, 15) is 13.6 Å². The normalized spacial score (nSPS) is 22.4. The van der Waals surface area contributed by atoms with Crippen LogP contribution < -0.4 is 9.47 Å². The van der Waals surface area contributed by atoms with Crippen LogP contribution in [-0.2, 0) is 4.79 Å². The van der Waals surface area contributed by atoms with Crippen molar-refractivity contribution >= 4 is 5.97 Å². The molecule has 1 aromatic rings. The van der Waals surface area contributed by atoms with Gasteiger partial charge in [-0.2, -0.15) is 8.78 Å². The highest BCUT2D eigenvalue weighted by atomic mass is 19.2. The number of carbonyl (C=O) groups is 1. The van der Waals surface area contributed by atoms with Gasteiger partial charge in [0.1, 0.15) is 0 Å². The smallest absolute Gasteiger partial charge is 0.314 e. The van der Waals surface area contributed by atoms with E-state index in [0.29, 0.717) is 23.9 Å². The molecule has 1 unspecified atom stereocenters. The van der Waals surface area contributed by atoms with Gasteiger partial charge in [-0.1, -0.05) is 85.0 Å². The molecule has 3 rings (SSSR count). The van der Waals surface area contributed by atoms with Crippen molar-refractivity contribution in [3.63, 3.8) is 0 Å². The molecule has 0 N–H and O–H groups in total. The van der Waals surface area contributed by atoms with Crippen LogP contribution in [0.15, 0.2) is 12.1 Å². The van der Waals surface area contributed by atoms with Crippen LogP contribution in [0.25, 0.3) is 0 Å². The van der Waals surface area contributed by atoms with E-state index in [1.54, 1.807) is 0 Å². The Balaban J connectivity index is 1.50. The van der Waals surface area contributed by atoms with E-state index >= 15 is 0 Å². The van der Waals surface area contributed by atoms with Crippen molar-refractivity contribution in [2.75, 3.05) is 6.61 Å². The Morgan fingerprint density at radius 1 is 0.892 bits per heavy atom. The molecule has 0 bridgehead atoms. The molecular weight excluding hydrogens is 470 g/mol. The maximum absolute atomic E-state index is 14.7. The molecule has 2 fully saturated rings. The lowest BCUT2D eigenvalue weighted by Crippen LogP contribution is -2.41. The molecule has 5 heteroatoms. The number of hydrogen-bond acceptors (Lipinski definition) is 3. The molecular formula is C32H50F2O3. The van der Waals surface area contributed by atoms with Crippen LogP contribution >= 0.6 is 0 Å². The van der Waals surface area contributed by atoms with Crippen molar-refractivity contribution in [2.45, 2.75) is 130 Å². The molecule has 2 saturated carbocycles. The van der Waals surface area contributed by atoms with Gasteiger partial charge >= 0.3 is 5.97 Å². The molecule has 37 heavy (non-hydrogen) atoms. The van der Waals surface area contributed by atoms with E-state index in [0.717, 1.165) is 44.9 Å². The first-order valence-corrected chi connectivity index (χ1v) is 15.2. The second-order valence-corrected chi connectivity index (χ2v) is 11.8. The van der Waals surface area contributed by atoms with Gasteiger partial charge in [-0.05, 0) is 74.3 Å². The Morgan fingerprint density at radius 3 is 2.19 bits per heavy atom. The predicted molar refractivity (Wildman–Crippen MR) is 146 cm³/mol. The van der Waals surface area contributed by atoms with Crippen molar-refractivity contribution in [3.05, 3.63) is 23.8 Å². The summed E-state index contributed by atoms with van der Waals surface area (Å²) in [5, 5.41) is 0. The van der Waals surface area contributed by atoms with Gasteiger partial charge in [-0.15, -0.1) is 0 Å². The van der Waals surface area contributed by atoms with E-state index in [2.05, 4.69) is 20.8 Å². The second kappa shape index (κ2) is 15.1. The van der Waals surface area contributed by atoms with Crippen molar-refractivity contribution in [2.24, 2.45) is 23.2 Å². The average molecular weight is 521 g/mol. The zero-order valence-electron chi connectivity index (χ0n) is 23.6. The highest BCUT2D eigenvalue weighted by Crippen LogP contribution is 2.54. The van der Waals surface area contributed by atoms with Crippen LogP contribution in [0.2, 0.25) is 0 Å². The molecule has 2 aliphatic rings. The summed E-state index contributed by atoms with van der Waals surface area (Å²) < 4.78 is 40.1. The fourth-order valence-electron chi connectivity index (χ4n) is 7.10.